The van der Waals surface area contributed by atoms with Crippen LogP contribution in [0.3, 0.4) is 0 Å². The van der Waals surface area contributed by atoms with Crippen LogP contribution in [0.1, 0.15) is 47.0 Å². The maximum atomic E-state index is 12.8. The number of piperidine rings is 1. The molecule has 1 unspecified atom stereocenters. The van der Waals surface area contributed by atoms with E-state index in [-0.39, 0.29) is 29.4 Å². The number of carbonyl (C=O) groups is 2. The molecule has 6 nitrogen and oxygen atoms in total. The van der Waals surface area contributed by atoms with Gasteiger partial charge in [0.25, 0.3) is 11.8 Å². The second kappa shape index (κ2) is 7.21. The largest absolute Gasteiger partial charge is 0.334 e. The minimum absolute atomic E-state index is 0.172. The van der Waals surface area contributed by atoms with Crippen molar-refractivity contribution in [2.24, 2.45) is 0 Å². The molecule has 0 saturated carbocycles. The third-order valence-electron chi connectivity index (χ3n) is 4.23. The van der Waals surface area contributed by atoms with Crippen LogP contribution in [0, 0.1) is 0 Å². The Labute approximate surface area is 140 Å². The smallest absolute Gasteiger partial charge is 0.276 e. The summed E-state index contributed by atoms with van der Waals surface area (Å²) < 4.78 is 0. The summed E-state index contributed by atoms with van der Waals surface area (Å²) in [7, 11) is 0. The van der Waals surface area contributed by atoms with Crippen molar-refractivity contribution in [3.05, 3.63) is 54.0 Å². The van der Waals surface area contributed by atoms with Crippen LogP contribution in [0.4, 0.5) is 5.82 Å². The first kappa shape index (κ1) is 16.1. The third kappa shape index (κ3) is 3.42. The maximum Gasteiger partial charge on any atom is 0.276 e. The molecule has 1 aromatic carbocycles. The van der Waals surface area contributed by atoms with Crippen molar-refractivity contribution in [1.29, 1.82) is 0 Å². The first-order chi connectivity index (χ1) is 11.7. The van der Waals surface area contributed by atoms with Crippen LogP contribution in [0.2, 0.25) is 0 Å². The van der Waals surface area contributed by atoms with Gasteiger partial charge in [0.05, 0.1) is 0 Å². The zero-order valence-electron chi connectivity index (χ0n) is 13.6. The zero-order valence-corrected chi connectivity index (χ0v) is 13.6. The van der Waals surface area contributed by atoms with Gasteiger partial charge in [-0.2, -0.15) is 0 Å². The Morgan fingerprint density at radius 3 is 2.62 bits per heavy atom. The van der Waals surface area contributed by atoms with E-state index in [0.29, 0.717) is 12.1 Å². The van der Waals surface area contributed by atoms with Crippen LogP contribution >= 0.6 is 0 Å². The number of rotatable bonds is 3. The number of hydrogen-bond acceptors (Lipinski definition) is 4. The van der Waals surface area contributed by atoms with Gasteiger partial charge in [-0.25, -0.2) is 9.97 Å². The van der Waals surface area contributed by atoms with E-state index >= 15 is 0 Å². The average Bonchev–Trinajstić information content (AvgIpc) is 2.63. The lowest BCUT2D eigenvalue weighted by Crippen LogP contribution is -2.42. The predicted molar refractivity (Wildman–Crippen MR) is 90.8 cm³/mol. The summed E-state index contributed by atoms with van der Waals surface area (Å²) in [6.07, 6.45) is 6.04. The highest BCUT2D eigenvalue weighted by molar-refractivity contribution is 6.07. The van der Waals surface area contributed by atoms with Crippen LogP contribution < -0.4 is 5.32 Å². The molecule has 1 aromatic heterocycles. The number of nitrogens with zero attached hydrogens (tertiary/aromatic N) is 3. The van der Waals surface area contributed by atoms with E-state index < -0.39 is 0 Å². The van der Waals surface area contributed by atoms with Crippen molar-refractivity contribution in [3.8, 4) is 0 Å². The number of hydrogen-bond donors (Lipinski definition) is 1. The highest BCUT2D eigenvalue weighted by Gasteiger charge is 2.27. The molecule has 124 valence electrons. The molecule has 1 saturated heterocycles. The summed E-state index contributed by atoms with van der Waals surface area (Å²) in [6.45, 7) is 2.75. The normalized spacial score (nSPS) is 17.4. The van der Waals surface area contributed by atoms with E-state index in [0.717, 1.165) is 19.3 Å². The number of likely N-dealkylation sites (tertiary alicyclic amines) is 1. The van der Waals surface area contributed by atoms with E-state index in [1.54, 1.807) is 24.3 Å². The van der Waals surface area contributed by atoms with Gasteiger partial charge in [-0.1, -0.05) is 18.2 Å². The molecule has 1 atom stereocenters. The van der Waals surface area contributed by atoms with Crippen molar-refractivity contribution in [2.45, 2.75) is 32.2 Å². The molecule has 0 aliphatic carbocycles. The van der Waals surface area contributed by atoms with Gasteiger partial charge in [0.2, 0.25) is 0 Å². The van der Waals surface area contributed by atoms with E-state index in [1.807, 2.05) is 17.9 Å². The standard InChI is InChI=1S/C18H20N4O2/c1-13-7-5-6-12-22(13)18(24)15-16(20-11-10-19-15)21-17(23)14-8-3-2-4-9-14/h2-4,8-11,13H,5-7,12H2,1H3,(H,20,21,23). The molecule has 2 aromatic rings. The lowest BCUT2D eigenvalue weighted by Gasteiger charge is -2.33. The molecule has 0 spiro atoms. The van der Waals surface area contributed by atoms with Crippen molar-refractivity contribution in [1.82, 2.24) is 14.9 Å². The van der Waals surface area contributed by atoms with Crippen molar-refractivity contribution >= 4 is 17.6 Å². The molecule has 0 bridgehead atoms. The second-order valence-corrected chi connectivity index (χ2v) is 5.92. The minimum Gasteiger partial charge on any atom is -0.334 e. The van der Waals surface area contributed by atoms with E-state index in [1.165, 1.54) is 12.4 Å². The minimum atomic E-state index is -0.308. The zero-order chi connectivity index (χ0) is 16.9. The molecule has 24 heavy (non-hydrogen) atoms. The summed E-state index contributed by atoms with van der Waals surface area (Å²) >= 11 is 0. The van der Waals surface area contributed by atoms with E-state index in [2.05, 4.69) is 15.3 Å². The number of aromatic nitrogens is 2. The molecule has 1 N–H and O–H groups in total. The Balaban J connectivity index is 1.83. The van der Waals surface area contributed by atoms with Crippen molar-refractivity contribution < 1.29 is 9.59 Å². The van der Waals surface area contributed by atoms with Gasteiger partial charge in [0.1, 0.15) is 0 Å². The molecular weight excluding hydrogens is 304 g/mol. The highest BCUT2D eigenvalue weighted by Crippen LogP contribution is 2.21. The van der Waals surface area contributed by atoms with E-state index in [4.69, 9.17) is 0 Å². The Morgan fingerprint density at radius 2 is 1.88 bits per heavy atom. The lowest BCUT2D eigenvalue weighted by atomic mass is 10.0. The van der Waals surface area contributed by atoms with Gasteiger partial charge in [0.15, 0.2) is 11.5 Å². The van der Waals surface area contributed by atoms with Crippen LogP contribution in [-0.2, 0) is 0 Å². The van der Waals surface area contributed by atoms with Gasteiger partial charge in [-0.05, 0) is 38.3 Å². The summed E-state index contributed by atoms with van der Waals surface area (Å²) in [4.78, 5) is 35.3. The first-order valence-corrected chi connectivity index (χ1v) is 8.15. The fourth-order valence-corrected chi connectivity index (χ4v) is 2.89. The highest BCUT2D eigenvalue weighted by atomic mass is 16.2. The molecule has 1 aliphatic rings. The molecule has 1 aliphatic heterocycles. The monoisotopic (exact) mass is 324 g/mol. The van der Waals surface area contributed by atoms with Crippen LogP contribution in [0.15, 0.2) is 42.7 Å². The Kier molecular flexibility index (Phi) is 4.84. The van der Waals surface area contributed by atoms with Crippen LogP contribution in [-0.4, -0.2) is 39.3 Å². The fraction of sp³-hybridized carbons (Fsp3) is 0.333. The van der Waals surface area contributed by atoms with Crippen molar-refractivity contribution in [3.63, 3.8) is 0 Å². The maximum absolute atomic E-state index is 12.8. The predicted octanol–water partition coefficient (Wildman–Crippen LogP) is 2.74. The molecule has 1 fully saturated rings. The third-order valence-corrected chi connectivity index (χ3v) is 4.23. The average molecular weight is 324 g/mol. The Hall–Kier alpha value is -2.76. The molecular formula is C18H20N4O2. The van der Waals surface area contributed by atoms with Crippen molar-refractivity contribution in [2.75, 3.05) is 11.9 Å². The molecule has 3 rings (SSSR count). The number of nitrogens with one attached hydrogen (secondary N) is 1. The summed E-state index contributed by atoms with van der Waals surface area (Å²) in [6, 6.07) is 9.00. The number of amides is 2. The summed E-state index contributed by atoms with van der Waals surface area (Å²) in [5, 5.41) is 2.70. The summed E-state index contributed by atoms with van der Waals surface area (Å²) in [5.74, 6) is -0.287. The second-order valence-electron chi connectivity index (χ2n) is 5.92. The van der Waals surface area contributed by atoms with Gasteiger partial charge in [-0.3, -0.25) is 9.59 Å². The number of anilines is 1. The fourth-order valence-electron chi connectivity index (χ4n) is 2.89. The van der Waals surface area contributed by atoms with Crippen LogP contribution in [0.25, 0.3) is 0 Å². The van der Waals surface area contributed by atoms with Gasteiger partial charge >= 0.3 is 0 Å². The molecule has 0 radical (unpaired) electrons. The molecule has 2 heterocycles. The lowest BCUT2D eigenvalue weighted by molar-refractivity contribution is 0.0630. The van der Waals surface area contributed by atoms with Gasteiger partial charge in [0, 0.05) is 30.5 Å². The number of carbonyl (C=O) groups excluding carboxylic acids is 2. The Bertz CT molecular complexity index is 733. The van der Waals surface area contributed by atoms with Gasteiger partial charge < -0.3 is 10.2 Å². The quantitative estimate of drug-likeness (QED) is 0.942. The molecule has 6 heteroatoms. The number of benzene rings is 1. The first-order valence-electron chi connectivity index (χ1n) is 8.15. The van der Waals surface area contributed by atoms with E-state index in [9.17, 15) is 9.59 Å². The molecule has 2 amide bonds. The Morgan fingerprint density at radius 1 is 1.12 bits per heavy atom. The van der Waals surface area contributed by atoms with Crippen LogP contribution in [0.5, 0.6) is 0 Å². The SMILES string of the molecule is CC1CCCCN1C(=O)c1nccnc1NC(=O)c1ccccc1. The summed E-state index contributed by atoms with van der Waals surface area (Å²) in [5.41, 5.74) is 0.698. The topological polar surface area (TPSA) is 75.2 Å². The van der Waals surface area contributed by atoms with Gasteiger partial charge in [-0.15, -0.1) is 0 Å².